The van der Waals surface area contributed by atoms with Crippen LogP contribution in [0.3, 0.4) is 0 Å². The van der Waals surface area contributed by atoms with Gasteiger partial charge >= 0.3 is 0 Å². The standard InChI is InChI=1S/C18H19ClO2.2C2H6/c1-11(2)21-18-10-15(6-5-12(18)3)16-9-14(13(4)20)7-8-17(16)19;2*1-2/h5-11H,1-4H3;2*1-2H3. The average Bonchev–Trinajstić information content (AvgIpc) is 2.60. The van der Waals surface area contributed by atoms with Gasteiger partial charge in [0, 0.05) is 16.1 Å². The van der Waals surface area contributed by atoms with Gasteiger partial charge in [-0.1, -0.05) is 51.4 Å². The van der Waals surface area contributed by atoms with Crippen LogP contribution in [0.1, 0.15) is 64.4 Å². The molecule has 0 fully saturated rings. The second-order valence-corrected chi connectivity index (χ2v) is 5.80. The maximum atomic E-state index is 11.5. The summed E-state index contributed by atoms with van der Waals surface area (Å²) in [4.78, 5) is 11.5. The van der Waals surface area contributed by atoms with Crippen LogP contribution in [0, 0.1) is 6.92 Å². The molecule has 2 rings (SSSR count). The number of hydrogen-bond acceptors (Lipinski definition) is 2. The highest BCUT2D eigenvalue weighted by atomic mass is 35.5. The molecule has 2 nitrogen and oxygen atoms in total. The molecule has 0 aromatic heterocycles. The van der Waals surface area contributed by atoms with Crippen molar-refractivity contribution in [3.8, 4) is 16.9 Å². The van der Waals surface area contributed by atoms with Gasteiger partial charge in [0.1, 0.15) is 5.75 Å². The first-order valence-corrected chi connectivity index (χ1v) is 9.34. The van der Waals surface area contributed by atoms with Crippen molar-refractivity contribution in [1.82, 2.24) is 0 Å². The van der Waals surface area contributed by atoms with Gasteiger partial charge in [-0.2, -0.15) is 0 Å². The van der Waals surface area contributed by atoms with E-state index in [0.29, 0.717) is 10.6 Å². The molecule has 2 aromatic rings. The van der Waals surface area contributed by atoms with Gasteiger partial charge in [-0.3, -0.25) is 4.79 Å². The summed E-state index contributed by atoms with van der Waals surface area (Å²) in [5.41, 5.74) is 3.52. The fourth-order valence-electron chi connectivity index (χ4n) is 2.11. The number of ketones is 1. The molecular formula is C22H31ClO2. The second kappa shape index (κ2) is 11.7. The number of hydrogen-bond donors (Lipinski definition) is 0. The monoisotopic (exact) mass is 362 g/mol. The third-order valence-electron chi connectivity index (χ3n) is 3.23. The minimum absolute atomic E-state index is 0.0266. The molecule has 0 bridgehead atoms. The van der Waals surface area contributed by atoms with Crippen LogP contribution in [-0.4, -0.2) is 11.9 Å². The van der Waals surface area contributed by atoms with Gasteiger partial charge < -0.3 is 4.74 Å². The fourth-order valence-corrected chi connectivity index (χ4v) is 2.34. The lowest BCUT2D eigenvalue weighted by Crippen LogP contribution is -2.06. The van der Waals surface area contributed by atoms with E-state index in [4.69, 9.17) is 16.3 Å². The first kappa shape index (κ1) is 23.2. The quantitative estimate of drug-likeness (QED) is 0.531. The Hall–Kier alpha value is -1.80. The van der Waals surface area contributed by atoms with Gasteiger partial charge in [0.25, 0.3) is 0 Å². The average molecular weight is 363 g/mol. The van der Waals surface area contributed by atoms with E-state index >= 15 is 0 Å². The van der Waals surface area contributed by atoms with E-state index in [1.807, 2.05) is 72.7 Å². The summed E-state index contributed by atoms with van der Waals surface area (Å²) >= 11 is 6.28. The minimum atomic E-state index is 0.0266. The van der Waals surface area contributed by atoms with E-state index in [1.165, 1.54) is 0 Å². The molecule has 0 heterocycles. The molecule has 0 saturated carbocycles. The third kappa shape index (κ3) is 6.91. The lowest BCUT2D eigenvalue weighted by molar-refractivity contribution is 0.101. The Morgan fingerprint density at radius 2 is 1.60 bits per heavy atom. The van der Waals surface area contributed by atoms with Crippen molar-refractivity contribution in [3.63, 3.8) is 0 Å². The molecule has 2 aromatic carbocycles. The summed E-state index contributed by atoms with van der Waals surface area (Å²) < 4.78 is 5.81. The predicted octanol–water partition coefficient (Wildman–Crippen LogP) is 7.36. The van der Waals surface area contributed by atoms with Crippen LogP contribution in [0.5, 0.6) is 5.75 Å². The Labute approximate surface area is 158 Å². The van der Waals surface area contributed by atoms with Crippen LogP contribution < -0.4 is 4.74 Å². The van der Waals surface area contributed by atoms with E-state index in [1.54, 1.807) is 19.1 Å². The largest absolute Gasteiger partial charge is 0.491 e. The van der Waals surface area contributed by atoms with Crippen LogP contribution in [0.15, 0.2) is 36.4 Å². The zero-order chi connectivity index (χ0) is 19.6. The lowest BCUT2D eigenvalue weighted by Gasteiger charge is -2.14. The highest BCUT2D eigenvalue weighted by Gasteiger charge is 2.10. The van der Waals surface area contributed by atoms with Gasteiger partial charge in [0.15, 0.2) is 5.78 Å². The number of aryl methyl sites for hydroxylation is 1. The van der Waals surface area contributed by atoms with Gasteiger partial charge in [-0.15, -0.1) is 0 Å². The maximum absolute atomic E-state index is 11.5. The highest BCUT2D eigenvalue weighted by Crippen LogP contribution is 2.33. The van der Waals surface area contributed by atoms with E-state index in [-0.39, 0.29) is 11.9 Å². The fraction of sp³-hybridized carbons (Fsp3) is 0.409. The van der Waals surface area contributed by atoms with Crippen LogP contribution >= 0.6 is 11.6 Å². The first-order valence-electron chi connectivity index (χ1n) is 8.96. The summed E-state index contributed by atoms with van der Waals surface area (Å²) in [6.07, 6.45) is 0.109. The van der Waals surface area contributed by atoms with E-state index < -0.39 is 0 Å². The Morgan fingerprint density at radius 3 is 2.12 bits per heavy atom. The van der Waals surface area contributed by atoms with Gasteiger partial charge in [0.2, 0.25) is 0 Å². The first-order chi connectivity index (χ1) is 11.9. The molecule has 138 valence electrons. The second-order valence-electron chi connectivity index (χ2n) is 5.40. The van der Waals surface area contributed by atoms with Crippen LogP contribution in [0.25, 0.3) is 11.1 Å². The topological polar surface area (TPSA) is 26.3 Å². The molecule has 0 aliphatic rings. The van der Waals surface area contributed by atoms with Crippen molar-refractivity contribution >= 4 is 17.4 Å². The van der Waals surface area contributed by atoms with Crippen molar-refractivity contribution in [1.29, 1.82) is 0 Å². The summed E-state index contributed by atoms with van der Waals surface area (Å²) in [5.74, 6) is 0.866. The summed E-state index contributed by atoms with van der Waals surface area (Å²) in [5, 5.41) is 0.624. The Morgan fingerprint density at radius 1 is 1.00 bits per heavy atom. The Kier molecular flexibility index (Phi) is 10.9. The molecule has 0 atom stereocenters. The molecule has 0 radical (unpaired) electrons. The zero-order valence-corrected chi connectivity index (χ0v) is 17.5. The third-order valence-corrected chi connectivity index (χ3v) is 3.56. The zero-order valence-electron chi connectivity index (χ0n) is 16.7. The summed E-state index contributed by atoms with van der Waals surface area (Å²) in [6.45, 7) is 15.6. The van der Waals surface area contributed by atoms with Crippen LogP contribution in [0.4, 0.5) is 0 Å². The van der Waals surface area contributed by atoms with Gasteiger partial charge in [0.05, 0.1) is 6.10 Å². The number of Topliss-reactive ketones (excluding diaryl/α,β-unsaturated/α-hetero) is 1. The SMILES string of the molecule is CC.CC.CC(=O)c1ccc(Cl)c(-c2ccc(C)c(OC(C)C)c2)c1. The highest BCUT2D eigenvalue weighted by molar-refractivity contribution is 6.33. The van der Waals surface area contributed by atoms with E-state index in [0.717, 1.165) is 22.4 Å². The van der Waals surface area contributed by atoms with Gasteiger partial charge in [-0.25, -0.2) is 0 Å². The summed E-state index contributed by atoms with van der Waals surface area (Å²) in [7, 11) is 0. The van der Waals surface area contributed by atoms with Gasteiger partial charge in [-0.05, 0) is 63.1 Å². The maximum Gasteiger partial charge on any atom is 0.159 e. The van der Waals surface area contributed by atoms with Crippen molar-refractivity contribution in [2.75, 3.05) is 0 Å². The molecule has 0 saturated heterocycles. The van der Waals surface area contributed by atoms with E-state index in [9.17, 15) is 4.79 Å². The molecular weight excluding hydrogens is 332 g/mol. The van der Waals surface area contributed by atoms with E-state index in [2.05, 4.69) is 0 Å². The number of ether oxygens (including phenoxy) is 1. The molecule has 25 heavy (non-hydrogen) atoms. The number of carbonyl (C=O) groups is 1. The normalized spacial score (nSPS) is 9.52. The predicted molar refractivity (Wildman–Crippen MR) is 110 cm³/mol. The molecule has 0 N–H and O–H groups in total. The lowest BCUT2D eigenvalue weighted by atomic mass is 10.00. The molecule has 0 aliphatic heterocycles. The molecule has 0 spiro atoms. The smallest absolute Gasteiger partial charge is 0.159 e. The Bertz CT molecular complexity index is 676. The number of halogens is 1. The molecule has 0 unspecified atom stereocenters. The van der Waals surface area contributed by atoms with Crippen molar-refractivity contribution in [2.45, 2.75) is 61.5 Å². The number of carbonyl (C=O) groups excluding carboxylic acids is 1. The Balaban J connectivity index is 0.00000134. The number of rotatable bonds is 4. The summed E-state index contributed by atoms with van der Waals surface area (Å²) in [6, 6.07) is 11.3. The van der Waals surface area contributed by atoms with Crippen molar-refractivity contribution in [3.05, 3.63) is 52.5 Å². The molecule has 0 amide bonds. The minimum Gasteiger partial charge on any atom is -0.491 e. The number of benzene rings is 2. The molecule has 0 aliphatic carbocycles. The van der Waals surface area contributed by atoms with Crippen molar-refractivity contribution < 1.29 is 9.53 Å². The van der Waals surface area contributed by atoms with Crippen LogP contribution in [0.2, 0.25) is 5.02 Å². The molecule has 3 heteroatoms. The van der Waals surface area contributed by atoms with Crippen LogP contribution in [-0.2, 0) is 0 Å². The van der Waals surface area contributed by atoms with Crippen molar-refractivity contribution in [2.24, 2.45) is 0 Å².